The number of nitro benzene ring substituents is 1. The van der Waals surface area contributed by atoms with E-state index in [-0.39, 0.29) is 22.0 Å². The van der Waals surface area contributed by atoms with Gasteiger partial charge >= 0.3 is 0 Å². The second-order valence-corrected chi connectivity index (χ2v) is 7.18. The molecule has 0 spiro atoms. The highest BCUT2D eigenvalue weighted by atomic mass is 79.9. The Labute approximate surface area is 176 Å². The van der Waals surface area contributed by atoms with Crippen molar-refractivity contribution < 1.29 is 14.5 Å². The summed E-state index contributed by atoms with van der Waals surface area (Å²) in [5.41, 5.74) is 0.189. The zero-order valence-electron chi connectivity index (χ0n) is 13.6. The number of hydrogen-bond acceptors (Lipinski definition) is 5. The van der Waals surface area contributed by atoms with Gasteiger partial charge in [0, 0.05) is 11.8 Å². The van der Waals surface area contributed by atoms with Gasteiger partial charge in [-0.15, -0.1) is 0 Å². The number of nitro groups is 1. The quantitative estimate of drug-likeness (QED) is 0.251. The van der Waals surface area contributed by atoms with Crippen LogP contribution in [0.15, 0.2) is 44.9 Å². The van der Waals surface area contributed by atoms with Gasteiger partial charge in [-0.2, -0.15) is 5.26 Å². The molecule has 0 saturated carbocycles. The summed E-state index contributed by atoms with van der Waals surface area (Å²) in [6.45, 7) is 0. The normalized spacial score (nSPS) is 10.9. The summed E-state index contributed by atoms with van der Waals surface area (Å²) in [5.74, 6) is -0.138. The van der Waals surface area contributed by atoms with Crippen LogP contribution in [0, 0.1) is 21.4 Å². The summed E-state index contributed by atoms with van der Waals surface area (Å²) in [7, 11) is 1.51. The maximum Gasteiger partial charge on any atom is 0.289 e. The molecule has 7 nitrogen and oxygen atoms in total. The Balaban J connectivity index is 2.32. The molecule has 1 N–H and O–H groups in total. The highest BCUT2D eigenvalue weighted by Crippen LogP contribution is 2.35. The van der Waals surface area contributed by atoms with Crippen molar-refractivity contribution in [2.45, 2.75) is 0 Å². The minimum atomic E-state index is -0.711. The van der Waals surface area contributed by atoms with E-state index in [1.807, 2.05) is 6.07 Å². The van der Waals surface area contributed by atoms with E-state index in [0.29, 0.717) is 20.3 Å². The number of amides is 1. The van der Waals surface area contributed by atoms with Gasteiger partial charge in [-0.3, -0.25) is 14.9 Å². The number of anilines is 1. The molecule has 0 aliphatic heterocycles. The van der Waals surface area contributed by atoms with Crippen molar-refractivity contribution in [2.24, 2.45) is 0 Å². The number of nitrogens with zero attached hydrogens (tertiary/aromatic N) is 2. The number of nitriles is 1. The number of benzene rings is 2. The molecule has 0 saturated heterocycles. The van der Waals surface area contributed by atoms with Crippen molar-refractivity contribution in [1.29, 1.82) is 5.26 Å². The number of carbonyl (C=O) groups is 1. The SMILES string of the molecule is COc1c(Br)cc(/C=C(\C#N)C(=O)Nc2ccc(Cl)c([N+](=O)[O-])c2)cc1Br. The third kappa shape index (κ3) is 5.07. The minimum Gasteiger partial charge on any atom is -0.494 e. The first-order valence-electron chi connectivity index (χ1n) is 7.17. The molecule has 10 heteroatoms. The summed E-state index contributed by atoms with van der Waals surface area (Å²) >= 11 is 12.4. The number of ether oxygens (including phenoxy) is 1. The summed E-state index contributed by atoms with van der Waals surface area (Å²) < 4.78 is 6.48. The van der Waals surface area contributed by atoms with Gasteiger partial charge in [0.15, 0.2) is 0 Å². The molecule has 1 amide bonds. The number of methoxy groups -OCH3 is 1. The van der Waals surface area contributed by atoms with Gasteiger partial charge in [0.1, 0.15) is 22.4 Å². The number of halogens is 3. The Morgan fingerprint density at radius 2 is 1.96 bits per heavy atom. The Morgan fingerprint density at radius 1 is 1.33 bits per heavy atom. The maximum atomic E-state index is 12.4. The standard InChI is InChI=1S/C17H10Br2ClN3O4/c1-27-16-12(18)5-9(6-13(16)19)4-10(8-21)17(24)22-11-2-3-14(20)15(7-11)23(25)26/h2-7H,1H3,(H,22,24)/b10-4+. The van der Waals surface area contributed by atoms with Gasteiger partial charge in [-0.1, -0.05) is 11.6 Å². The van der Waals surface area contributed by atoms with Crippen molar-refractivity contribution in [1.82, 2.24) is 0 Å². The molecule has 0 aliphatic carbocycles. The van der Waals surface area contributed by atoms with Crippen LogP contribution in [0.2, 0.25) is 5.02 Å². The summed E-state index contributed by atoms with van der Waals surface area (Å²) in [6, 6.07) is 9.00. The predicted molar refractivity (Wildman–Crippen MR) is 109 cm³/mol. The lowest BCUT2D eigenvalue weighted by Crippen LogP contribution is -2.13. The van der Waals surface area contributed by atoms with E-state index < -0.39 is 10.8 Å². The topological polar surface area (TPSA) is 105 Å². The number of hydrogen-bond donors (Lipinski definition) is 1. The zero-order chi connectivity index (χ0) is 20.1. The summed E-state index contributed by atoms with van der Waals surface area (Å²) in [4.78, 5) is 22.6. The van der Waals surface area contributed by atoms with Crippen LogP contribution in [-0.4, -0.2) is 17.9 Å². The van der Waals surface area contributed by atoms with Crippen molar-refractivity contribution in [2.75, 3.05) is 12.4 Å². The molecule has 0 bridgehead atoms. The van der Waals surface area contributed by atoms with E-state index in [0.717, 1.165) is 6.07 Å². The van der Waals surface area contributed by atoms with Crippen LogP contribution in [0.4, 0.5) is 11.4 Å². The van der Waals surface area contributed by atoms with Gasteiger partial charge in [0.2, 0.25) is 0 Å². The van der Waals surface area contributed by atoms with E-state index in [1.54, 1.807) is 12.1 Å². The van der Waals surface area contributed by atoms with Crippen LogP contribution in [0.3, 0.4) is 0 Å². The molecule has 0 atom stereocenters. The van der Waals surface area contributed by atoms with Gasteiger partial charge < -0.3 is 10.1 Å². The Kier molecular flexibility index (Phi) is 6.96. The Bertz CT molecular complexity index is 979. The molecule has 0 fully saturated rings. The fourth-order valence-electron chi connectivity index (χ4n) is 2.10. The molecule has 2 aromatic rings. The predicted octanol–water partition coefficient (Wildman–Crippen LogP) is 5.33. The fraction of sp³-hybridized carbons (Fsp3) is 0.0588. The molecular formula is C17H10Br2ClN3O4. The molecule has 27 heavy (non-hydrogen) atoms. The van der Waals surface area contributed by atoms with E-state index in [9.17, 15) is 20.2 Å². The first-order chi connectivity index (χ1) is 12.8. The average molecular weight is 516 g/mol. The third-order valence-corrected chi connectivity index (χ3v) is 4.80. The highest BCUT2D eigenvalue weighted by Gasteiger charge is 2.16. The largest absolute Gasteiger partial charge is 0.494 e. The second-order valence-electron chi connectivity index (χ2n) is 5.07. The van der Waals surface area contributed by atoms with Crippen LogP contribution >= 0.6 is 43.5 Å². The number of nitrogens with one attached hydrogen (secondary N) is 1. The molecular weight excluding hydrogens is 505 g/mol. The zero-order valence-corrected chi connectivity index (χ0v) is 17.6. The van der Waals surface area contributed by atoms with E-state index in [1.165, 1.54) is 25.3 Å². The summed E-state index contributed by atoms with van der Waals surface area (Å²) in [6.07, 6.45) is 1.38. The van der Waals surface area contributed by atoms with E-state index in [4.69, 9.17) is 16.3 Å². The van der Waals surface area contributed by atoms with Gasteiger partial charge in [0.05, 0.1) is 21.0 Å². The fourth-order valence-corrected chi connectivity index (χ4v) is 3.83. The van der Waals surface area contributed by atoms with Crippen LogP contribution < -0.4 is 10.1 Å². The monoisotopic (exact) mass is 513 g/mol. The molecule has 0 radical (unpaired) electrons. The first kappa shape index (κ1) is 20.9. The number of rotatable bonds is 5. The van der Waals surface area contributed by atoms with Gasteiger partial charge in [-0.05, 0) is 67.8 Å². The van der Waals surface area contributed by atoms with Crippen LogP contribution in [0.1, 0.15) is 5.56 Å². The van der Waals surface area contributed by atoms with Crippen molar-refractivity contribution in [3.8, 4) is 11.8 Å². The van der Waals surface area contributed by atoms with Crippen molar-refractivity contribution in [3.05, 3.63) is 65.6 Å². The summed E-state index contributed by atoms with van der Waals surface area (Å²) in [5, 5.41) is 22.6. The smallest absolute Gasteiger partial charge is 0.289 e. The minimum absolute atomic E-state index is 0.0537. The van der Waals surface area contributed by atoms with Crippen molar-refractivity contribution >= 4 is 66.8 Å². The molecule has 2 aromatic carbocycles. The lowest BCUT2D eigenvalue weighted by atomic mass is 10.1. The molecule has 0 unspecified atom stereocenters. The van der Waals surface area contributed by atoms with E-state index >= 15 is 0 Å². The lowest BCUT2D eigenvalue weighted by Gasteiger charge is -2.08. The molecule has 0 aromatic heterocycles. The van der Waals surface area contributed by atoms with Gasteiger partial charge in [-0.25, -0.2) is 0 Å². The van der Waals surface area contributed by atoms with Gasteiger partial charge in [0.25, 0.3) is 11.6 Å². The number of carbonyl (C=O) groups excluding carboxylic acids is 1. The van der Waals surface area contributed by atoms with E-state index in [2.05, 4.69) is 37.2 Å². The third-order valence-electron chi connectivity index (χ3n) is 3.30. The van der Waals surface area contributed by atoms with Crippen LogP contribution in [0.5, 0.6) is 5.75 Å². The molecule has 0 heterocycles. The first-order valence-corrected chi connectivity index (χ1v) is 9.13. The molecule has 138 valence electrons. The van der Waals surface area contributed by atoms with Crippen LogP contribution in [0.25, 0.3) is 6.08 Å². The highest BCUT2D eigenvalue weighted by molar-refractivity contribution is 9.11. The Morgan fingerprint density at radius 3 is 2.48 bits per heavy atom. The lowest BCUT2D eigenvalue weighted by molar-refractivity contribution is -0.384. The molecule has 0 aliphatic rings. The Hall–Kier alpha value is -2.41. The molecule has 2 rings (SSSR count). The van der Waals surface area contributed by atoms with Crippen LogP contribution in [-0.2, 0) is 4.79 Å². The average Bonchev–Trinajstić information content (AvgIpc) is 2.60. The second kappa shape index (κ2) is 8.99. The maximum absolute atomic E-state index is 12.4. The van der Waals surface area contributed by atoms with Crippen molar-refractivity contribution in [3.63, 3.8) is 0 Å².